The third kappa shape index (κ3) is 11.2. The molecule has 2 aromatic carbocycles. The van der Waals surface area contributed by atoms with E-state index >= 15 is 0 Å². The third-order valence-electron chi connectivity index (χ3n) is 4.51. The van der Waals surface area contributed by atoms with Gasteiger partial charge in [0.1, 0.15) is 0 Å². The van der Waals surface area contributed by atoms with E-state index in [1.54, 1.807) is 9.97 Å². The van der Waals surface area contributed by atoms with Gasteiger partial charge in [-0.3, -0.25) is 0 Å². The van der Waals surface area contributed by atoms with Crippen molar-refractivity contribution in [2.75, 3.05) is 23.7 Å². The Morgan fingerprint density at radius 2 is 0.971 bits per heavy atom. The van der Waals surface area contributed by atoms with Crippen molar-refractivity contribution in [2.45, 2.75) is 27.7 Å². The van der Waals surface area contributed by atoms with E-state index in [0.29, 0.717) is 13.1 Å². The minimum atomic E-state index is -0.214. The van der Waals surface area contributed by atoms with Crippen molar-refractivity contribution >= 4 is 87.2 Å². The van der Waals surface area contributed by atoms with Gasteiger partial charge in [-0.2, -0.15) is 0 Å². The predicted molar refractivity (Wildman–Crippen MR) is 158 cm³/mol. The molecule has 0 saturated heterocycles. The fourth-order valence-corrected chi connectivity index (χ4v) is 3.35. The molecule has 0 heterocycles. The van der Waals surface area contributed by atoms with Crippen LogP contribution >= 0.6 is 63.7 Å². The van der Waals surface area contributed by atoms with E-state index in [1.807, 2.05) is 64.1 Å². The predicted octanol–water partition coefficient (Wildman–Crippen LogP) is 8.11. The summed E-state index contributed by atoms with van der Waals surface area (Å²) in [7, 11) is 0. The summed E-state index contributed by atoms with van der Waals surface area (Å²) in [5.41, 5.74) is 5.93. The first kappa shape index (κ1) is 30.4. The number of rotatable bonds is 6. The molecule has 4 amide bonds. The van der Waals surface area contributed by atoms with Crippen LogP contribution in [0, 0.1) is 27.7 Å². The molecule has 0 saturated carbocycles. The minimum absolute atomic E-state index is 0.214. The van der Waals surface area contributed by atoms with E-state index in [2.05, 4.69) is 85.0 Å². The van der Waals surface area contributed by atoms with Crippen LogP contribution in [0.5, 0.6) is 0 Å². The smallest absolute Gasteiger partial charge is 0.319 e. The number of benzene rings is 2. The second-order valence-electron chi connectivity index (χ2n) is 7.26. The Kier molecular flexibility index (Phi) is 14.4. The summed E-state index contributed by atoms with van der Waals surface area (Å²) in [5.74, 6) is 0. The highest BCUT2D eigenvalue weighted by Gasteiger charge is 2.07. The molecule has 0 bridgehead atoms. The van der Waals surface area contributed by atoms with Crippen LogP contribution in [0.25, 0.3) is 0 Å². The molecule has 0 aliphatic heterocycles. The highest BCUT2D eigenvalue weighted by Crippen LogP contribution is 2.20. The maximum absolute atomic E-state index is 11.7. The zero-order valence-corrected chi connectivity index (χ0v) is 25.7. The highest BCUT2D eigenvalue weighted by molar-refractivity contribution is 9.14. The molecule has 2 rings (SSSR count). The van der Waals surface area contributed by atoms with Gasteiger partial charge in [-0.25, -0.2) is 9.59 Å². The number of hydrogen-bond donors (Lipinski definition) is 4. The van der Waals surface area contributed by atoms with Crippen LogP contribution in [-0.2, 0) is 0 Å². The van der Waals surface area contributed by atoms with Gasteiger partial charge >= 0.3 is 12.1 Å². The zero-order chi connectivity index (χ0) is 25.7. The molecule has 2 aromatic rings. The molecule has 0 fully saturated rings. The Morgan fingerprint density at radius 1 is 0.676 bits per heavy atom. The maximum atomic E-state index is 11.7. The molecule has 6 nitrogen and oxygen atoms in total. The zero-order valence-electron chi connectivity index (χ0n) is 19.4. The van der Waals surface area contributed by atoms with Crippen LogP contribution in [0.3, 0.4) is 0 Å². The molecule has 0 aliphatic carbocycles. The van der Waals surface area contributed by atoms with Crippen molar-refractivity contribution in [1.82, 2.24) is 10.6 Å². The van der Waals surface area contributed by atoms with E-state index in [4.69, 9.17) is 0 Å². The van der Waals surface area contributed by atoms with Gasteiger partial charge in [-0.05, 0) is 59.9 Å². The second-order valence-corrected chi connectivity index (χ2v) is 10.2. The van der Waals surface area contributed by atoms with Crippen LogP contribution in [0.1, 0.15) is 22.3 Å². The number of para-hydroxylation sites is 2. The molecule has 0 aliphatic rings. The number of carbonyl (C=O) groups excluding carboxylic acids is 2. The first-order chi connectivity index (χ1) is 16.1. The maximum Gasteiger partial charge on any atom is 0.319 e. The number of hydrogen-bond acceptors (Lipinski definition) is 2. The standard InChI is InChI=1S/2C12H14Br2N2O/c2*1-8-4-3-5-9(2)11(8)16-12(17)15-7-10(14)6-13/h2*3-6H,7H2,1-2H3,(H2,15,16,17)/b2*10-6-. The summed E-state index contributed by atoms with van der Waals surface area (Å²) in [6.07, 6.45) is 0. The number of nitrogens with one attached hydrogen (secondary N) is 4. The SMILES string of the molecule is Cc1cccc(C)c1NC(=O)NC/C(Br)=C/Br.Cc1cccc(C)c1NC(=O)NC/C(Br)=C/Br. The van der Waals surface area contributed by atoms with Crippen LogP contribution in [0.4, 0.5) is 21.0 Å². The van der Waals surface area contributed by atoms with Crippen molar-refractivity contribution < 1.29 is 9.59 Å². The van der Waals surface area contributed by atoms with E-state index in [9.17, 15) is 9.59 Å². The van der Waals surface area contributed by atoms with Crippen molar-refractivity contribution in [3.8, 4) is 0 Å². The Hall–Kier alpha value is -1.62. The van der Waals surface area contributed by atoms with Crippen LogP contribution in [-0.4, -0.2) is 25.2 Å². The molecule has 184 valence electrons. The molecular weight excluding hydrogens is 696 g/mol. The fourth-order valence-electron chi connectivity index (χ4n) is 2.75. The topological polar surface area (TPSA) is 82.3 Å². The van der Waals surface area contributed by atoms with Crippen molar-refractivity contribution in [1.29, 1.82) is 0 Å². The van der Waals surface area contributed by atoms with E-state index < -0.39 is 0 Å². The third-order valence-corrected chi connectivity index (χ3v) is 7.86. The van der Waals surface area contributed by atoms with E-state index in [-0.39, 0.29) is 12.1 Å². The molecule has 0 unspecified atom stereocenters. The quantitative estimate of drug-likeness (QED) is 0.243. The Bertz CT molecular complexity index is 931. The molecule has 0 spiro atoms. The fraction of sp³-hybridized carbons (Fsp3) is 0.250. The first-order valence-electron chi connectivity index (χ1n) is 10.2. The summed E-state index contributed by atoms with van der Waals surface area (Å²) in [6, 6.07) is 11.4. The summed E-state index contributed by atoms with van der Waals surface area (Å²) in [5, 5.41) is 11.2. The molecule has 0 atom stereocenters. The number of anilines is 2. The highest BCUT2D eigenvalue weighted by atomic mass is 79.9. The van der Waals surface area contributed by atoms with Crippen molar-refractivity contribution in [3.05, 3.63) is 77.6 Å². The lowest BCUT2D eigenvalue weighted by Gasteiger charge is -2.12. The lowest BCUT2D eigenvalue weighted by molar-refractivity contribution is 0.252. The molecule has 0 radical (unpaired) electrons. The summed E-state index contributed by atoms with van der Waals surface area (Å²) in [6.45, 7) is 8.77. The van der Waals surface area contributed by atoms with Gasteiger partial charge in [0.25, 0.3) is 0 Å². The normalized spacial score (nSPS) is 11.2. The van der Waals surface area contributed by atoms with Gasteiger partial charge in [-0.15, -0.1) is 0 Å². The van der Waals surface area contributed by atoms with Gasteiger partial charge in [-0.1, -0.05) is 100 Å². The summed E-state index contributed by atoms with van der Waals surface area (Å²) >= 11 is 12.9. The van der Waals surface area contributed by atoms with Gasteiger partial charge in [0.2, 0.25) is 0 Å². The van der Waals surface area contributed by atoms with Gasteiger partial charge in [0.15, 0.2) is 0 Å². The van der Waals surface area contributed by atoms with E-state index in [0.717, 1.165) is 42.6 Å². The number of aryl methyl sites for hydroxylation is 4. The molecule has 0 aromatic heterocycles. The molecule has 34 heavy (non-hydrogen) atoms. The second kappa shape index (κ2) is 16.1. The van der Waals surface area contributed by atoms with E-state index in [1.165, 1.54) is 0 Å². The summed E-state index contributed by atoms with van der Waals surface area (Å²) < 4.78 is 1.74. The van der Waals surface area contributed by atoms with Gasteiger partial charge in [0.05, 0.1) is 13.1 Å². The Balaban J connectivity index is 0.000000340. The number of carbonyl (C=O) groups is 2. The number of halogens is 4. The largest absolute Gasteiger partial charge is 0.333 e. The lowest BCUT2D eigenvalue weighted by atomic mass is 10.1. The minimum Gasteiger partial charge on any atom is -0.333 e. The van der Waals surface area contributed by atoms with Crippen LogP contribution < -0.4 is 21.3 Å². The van der Waals surface area contributed by atoms with Gasteiger partial charge < -0.3 is 21.3 Å². The molecular formula is C24H28Br4N4O2. The molecule has 10 heteroatoms. The number of amides is 4. The van der Waals surface area contributed by atoms with Gasteiger partial charge in [0, 0.05) is 20.3 Å². The number of urea groups is 2. The Morgan fingerprint density at radius 3 is 1.24 bits per heavy atom. The molecule has 4 N–H and O–H groups in total. The van der Waals surface area contributed by atoms with Crippen molar-refractivity contribution in [2.24, 2.45) is 0 Å². The van der Waals surface area contributed by atoms with Crippen molar-refractivity contribution in [3.63, 3.8) is 0 Å². The monoisotopic (exact) mass is 720 g/mol. The van der Waals surface area contributed by atoms with Crippen LogP contribution in [0.2, 0.25) is 0 Å². The average Bonchev–Trinajstić information content (AvgIpc) is 2.81. The first-order valence-corrected chi connectivity index (χ1v) is 13.6. The Labute approximate surface area is 234 Å². The summed E-state index contributed by atoms with van der Waals surface area (Å²) in [4.78, 5) is 26.7. The van der Waals surface area contributed by atoms with Crippen LogP contribution in [0.15, 0.2) is 55.3 Å². The lowest BCUT2D eigenvalue weighted by Crippen LogP contribution is -2.30. The average molecular weight is 724 g/mol.